The first kappa shape index (κ1) is 21.1. The van der Waals surface area contributed by atoms with Crippen LogP contribution in [0.25, 0.3) is 0 Å². The number of nitrogens with one attached hydrogen (secondary N) is 1. The highest BCUT2D eigenvalue weighted by molar-refractivity contribution is 6.33. The monoisotopic (exact) mass is 419 g/mol. The third-order valence-corrected chi connectivity index (χ3v) is 5.13. The lowest BCUT2D eigenvalue weighted by molar-refractivity contribution is -0.119. The molecule has 0 spiro atoms. The van der Waals surface area contributed by atoms with Gasteiger partial charge in [0.15, 0.2) is 6.61 Å². The molecule has 0 aliphatic carbocycles. The molecule has 1 heterocycles. The first-order valence-electron chi connectivity index (χ1n) is 9.45. The van der Waals surface area contributed by atoms with Gasteiger partial charge in [0.1, 0.15) is 5.82 Å². The van der Waals surface area contributed by atoms with E-state index in [1.807, 2.05) is 24.3 Å². The second kappa shape index (κ2) is 9.71. The highest BCUT2D eigenvalue weighted by Gasteiger charge is 2.17. The van der Waals surface area contributed by atoms with Crippen molar-refractivity contribution < 1.29 is 18.7 Å². The van der Waals surface area contributed by atoms with E-state index in [2.05, 4.69) is 22.0 Å². The van der Waals surface area contributed by atoms with Crippen molar-refractivity contribution in [2.24, 2.45) is 0 Å². The van der Waals surface area contributed by atoms with Gasteiger partial charge < -0.3 is 19.9 Å². The van der Waals surface area contributed by atoms with Crippen LogP contribution in [0, 0.1) is 5.82 Å². The Bertz CT molecular complexity index is 868. The largest absolute Gasteiger partial charge is 0.452 e. The van der Waals surface area contributed by atoms with Gasteiger partial charge in [-0.15, -0.1) is 0 Å². The van der Waals surface area contributed by atoms with E-state index in [0.29, 0.717) is 5.69 Å². The van der Waals surface area contributed by atoms with Gasteiger partial charge in [-0.3, -0.25) is 4.79 Å². The number of piperazine rings is 1. The summed E-state index contributed by atoms with van der Waals surface area (Å²) >= 11 is 5.82. The Morgan fingerprint density at radius 2 is 1.79 bits per heavy atom. The molecule has 0 unspecified atom stereocenters. The molecule has 0 bridgehead atoms. The SMILES string of the molecule is CCN1CCN(c2ccc(NC(=O)COC(=O)c3ccc(F)cc3Cl)cc2)CC1. The minimum Gasteiger partial charge on any atom is -0.452 e. The predicted octanol–water partition coefficient (Wildman–Crippen LogP) is 3.42. The smallest absolute Gasteiger partial charge is 0.340 e. The lowest BCUT2D eigenvalue weighted by Gasteiger charge is -2.35. The molecule has 1 fully saturated rings. The number of anilines is 2. The zero-order valence-corrected chi connectivity index (χ0v) is 16.9. The number of ether oxygens (including phenoxy) is 1. The van der Waals surface area contributed by atoms with E-state index in [4.69, 9.17) is 16.3 Å². The molecule has 2 aromatic rings. The van der Waals surface area contributed by atoms with E-state index in [1.165, 1.54) is 6.07 Å². The van der Waals surface area contributed by atoms with Crippen molar-refractivity contribution in [2.45, 2.75) is 6.92 Å². The van der Waals surface area contributed by atoms with Crippen LogP contribution in [0.15, 0.2) is 42.5 Å². The first-order chi connectivity index (χ1) is 14.0. The van der Waals surface area contributed by atoms with Crippen molar-refractivity contribution in [3.63, 3.8) is 0 Å². The fourth-order valence-corrected chi connectivity index (χ4v) is 3.38. The average molecular weight is 420 g/mol. The van der Waals surface area contributed by atoms with Gasteiger partial charge in [0, 0.05) is 37.6 Å². The summed E-state index contributed by atoms with van der Waals surface area (Å²) in [6.45, 7) is 6.79. The standard InChI is InChI=1S/C21H23ClFN3O3/c1-2-25-9-11-26(12-10-25)17-6-4-16(5-7-17)24-20(27)14-29-21(28)18-8-3-15(23)13-19(18)22/h3-8,13H,2,9-12,14H2,1H3,(H,24,27). The molecule has 1 N–H and O–H groups in total. The van der Waals surface area contributed by atoms with E-state index in [1.54, 1.807) is 0 Å². The molecule has 8 heteroatoms. The van der Waals surface area contributed by atoms with Gasteiger partial charge in [-0.05, 0) is 49.0 Å². The Labute approximate surface area is 174 Å². The number of nitrogens with zero attached hydrogens (tertiary/aromatic N) is 2. The third kappa shape index (κ3) is 5.68. The summed E-state index contributed by atoms with van der Waals surface area (Å²) in [5, 5.41) is 2.62. The molecule has 1 aliphatic rings. The van der Waals surface area contributed by atoms with E-state index >= 15 is 0 Å². The second-order valence-electron chi connectivity index (χ2n) is 6.72. The lowest BCUT2D eigenvalue weighted by atomic mass is 10.2. The molecular weight excluding hydrogens is 397 g/mol. The molecule has 0 atom stereocenters. The molecule has 154 valence electrons. The van der Waals surface area contributed by atoms with Gasteiger partial charge in [0.05, 0.1) is 10.6 Å². The van der Waals surface area contributed by atoms with Crippen molar-refractivity contribution in [3.8, 4) is 0 Å². The second-order valence-corrected chi connectivity index (χ2v) is 7.12. The van der Waals surface area contributed by atoms with Gasteiger partial charge in [-0.2, -0.15) is 0 Å². The van der Waals surface area contributed by atoms with Crippen LogP contribution in [-0.4, -0.2) is 56.1 Å². The van der Waals surface area contributed by atoms with Crippen LogP contribution in [0.3, 0.4) is 0 Å². The summed E-state index contributed by atoms with van der Waals surface area (Å²) in [4.78, 5) is 28.7. The quantitative estimate of drug-likeness (QED) is 0.727. The molecule has 0 aromatic heterocycles. The summed E-state index contributed by atoms with van der Waals surface area (Å²) in [5.74, 6) is -1.81. The molecule has 0 saturated carbocycles. The van der Waals surface area contributed by atoms with E-state index < -0.39 is 24.3 Å². The molecule has 29 heavy (non-hydrogen) atoms. The molecule has 1 amide bonds. The Balaban J connectivity index is 1.48. The number of likely N-dealkylation sites (N-methyl/N-ethyl adjacent to an activating group) is 1. The Morgan fingerprint density at radius 1 is 1.10 bits per heavy atom. The van der Waals surface area contributed by atoms with Gasteiger partial charge in [-0.1, -0.05) is 18.5 Å². The number of carbonyl (C=O) groups is 2. The maximum atomic E-state index is 13.0. The molecule has 0 radical (unpaired) electrons. The molecule has 1 aliphatic heterocycles. The zero-order chi connectivity index (χ0) is 20.8. The number of hydrogen-bond donors (Lipinski definition) is 1. The lowest BCUT2D eigenvalue weighted by Crippen LogP contribution is -2.46. The maximum Gasteiger partial charge on any atom is 0.340 e. The average Bonchev–Trinajstić information content (AvgIpc) is 2.73. The molecule has 1 saturated heterocycles. The molecule has 2 aromatic carbocycles. The van der Waals surface area contributed by atoms with Crippen LogP contribution < -0.4 is 10.2 Å². The van der Waals surface area contributed by atoms with E-state index in [-0.39, 0.29) is 10.6 Å². The molecule has 6 nitrogen and oxygen atoms in total. The summed E-state index contributed by atoms with van der Waals surface area (Å²) in [6.07, 6.45) is 0. The van der Waals surface area contributed by atoms with Gasteiger partial charge in [0.2, 0.25) is 0 Å². The summed E-state index contributed by atoms with van der Waals surface area (Å²) in [6, 6.07) is 10.9. The minimum atomic E-state index is -0.785. The third-order valence-electron chi connectivity index (χ3n) is 4.82. The highest BCUT2D eigenvalue weighted by atomic mass is 35.5. The van der Waals surface area contributed by atoms with Crippen molar-refractivity contribution in [2.75, 3.05) is 49.5 Å². The van der Waals surface area contributed by atoms with Crippen LogP contribution in [0.5, 0.6) is 0 Å². The summed E-state index contributed by atoms with van der Waals surface area (Å²) in [7, 11) is 0. The number of hydrogen-bond acceptors (Lipinski definition) is 5. The fourth-order valence-electron chi connectivity index (χ4n) is 3.14. The van der Waals surface area contributed by atoms with Gasteiger partial charge in [0.25, 0.3) is 5.91 Å². The van der Waals surface area contributed by atoms with Crippen molar-refractivity contribution in [3.05, 3.63) is 58.9 Å². The van der Waals surface area contributed by atoms with Gasteiger partial charge in [-0.25, -0.2) is 9.18 Å². The number of amides is 1. The zero-order valence-electron chi connectivity index (χ0n) is 16.2. The minimum absolute atomic E-state index is 0.00777. The highest BCUT2D eigenvalue weighted by Crippen LogP contribution is 2.20. The van der Waals surface area contributed by atoms with Crippen molar-refractivity contribution in [1.82, 2.24) is 4.90 Å². The van der Waals surface area contributed by atoms with E-state index in [0.717, 1.165) is 50.5 Å². The number of esters is 1. The number of carbonyl (C=O) groups excluding carboxylic acids is 2. The number of rotatable bonds is 6. The van der Waals surface area contributed by atoms with Crippen LogP contribution in [0.2, 0.25) is 5.02 Å². The number of benzene rings is 2. The van der Waals surface area contributed by atoms with Gasteiger partial charge >= 0.3 is 5.97 Å². The predicted molar refractivity (Wildman–Crippen MR) is 111 cm³/mol. The summed E-state index contributed by atoms with van der Waals surface area (Å²) < 4.78 is 18.0. The van der Waals surface area contributed by atoms with Crippen LogP contribution in [-0.2, 0) is 9.53 Å². The van der Waals surface area contributed by atoms with Crippen LogP contribution >= 0.6 is 11.6 Å². The van der Waals surface area contributed by atoms with Crippen molar-refractivity contribution >= 4 is 34.9 Å². The normalized spacial score (nSPS) is 14.5. The van der Waals surface area contributed by atoms with Crippen LogP contribution in [0.1, 0.15) is 17.3 Å². The van der Waals surface area contributed by atoms with Crippen LogP contribution in [0.4, 0.5) is 15.8 Å². The topological polar surface area (TPSA) is 61.9 Å². The Hall–Kier alpha value is -2.64. The maximum absolute atomic E-state index is 13.0. The van der Waals surface area contributed by atoms with Crippen molar-refractivity contribution in [1.29, 1.82) is 0 Å². The summed E-state index contributed by atoms with van der Waals surface area (Å²) in [5.41, 5.74) is 1.73. The molecular formula is C21H23ClFN3O3. The number of halogens is 2. The van der Waals surface area contributed by atoms with E-state index in [9.17, 15) is 14.0 Å². The fraction of sp³-hybridized carbons (Fsp3) is 0.333. The molecule has 3 rings (SSSR count). The Morgan fingerprint density at radius 3 is 2.41 bits per heavy atom. The Kier molecular flexibility index (Phi) is 7.06. The first-order valence-corrected chi connectivity index (χ1v) is 9.83.